The summed E-state index contributed by atoms with van der Waals surface area (Å²) in [5.41, 5.74) is 6.25. The van der Waals surface area contributed by atoms with Gasteiger partial charge in [0, 0.05) is 24.0 Å². The smallest absolute Gasteiger partial charge is 0.118 e. The zero-order valence-electron chi connectivity index (χ0n) is 13.8. The van der Waals surface area contributed by atoms with Crippen LogP contribution in [0.25, 0.3) is 11.1 Å². The summed E-state index contributed by atoms with van der Waals surface area (Å²) in [5, 5.41) is 8.00. The molecule has 1 aliphatic heterocycles. The second kappa shape index (κ2) is 6.40. The van der Waals surface area contributed by atoms with Gasteiger partial charge in [-0.05, 0) is 47.7 Å². The highest BCUT2D eigenvalue weighted by molar-refractivity contribution is 5.69. The Morgan fingerprint density at radius 1 is 1.12 bits per heavy atom. The molecule has 24 heavy (non-hydrogen) atoms. The lowest BCUT2D eigenvalue weighted by atomic mass is 9.99. The Hall–Kier alpha value is -2.75. The lowest BCUT2D eigenvalue weighted by Crippen LogP contribution is -2.11. The first-order valence-corrected chi connectivity index (χ1v) is 8.34. The molecular weight excluding hydrogens is 298 g/mol. The van der Waals surface area contributed by atoms with Gasteiger partial charge in [-0.3, -0.25) is 4.68 Å². The molecule has 1 aliphatic rings. The van der Waals surface area contributed by atoms with Crippen molar-refractivity contribution in [3.05, 3.63) is 66.0 Å². The number of aromatic nitrogens is 2. The average Bonchev–Trinajstić information content (AvgIpc) is 3.10. The van der Waals surface area contributed by atoms with E-state index in [1.807, 2.05) is 23.0 Å². The summed E-state index contributed by atoms with van der Waals surface area (Å²) in [6.07, 6.45) is 6.42. The van der Waals surface area contributed by atoms with E-state index in [-0.39, 0.29) is 0 Å². The van der Waals surface area contributed by atoms with Gasteiger partial charge in [0.15, 0.2) is 0 Å². The molecule has 1 aromatic heterocycles. The van der Waals surface area contributed by atoms with Crippen LogP contribution >= 0.6 is 0 Å². The largest absolute Gasteiger partial charge is 0.497 e. The van der Waals surface area contributed by atoms with Gasteiger partial charge in [0.05, 0.1) is 19.9 Å². The highest BCUT2D eigenvalue weighted by atomic mass is 16.5. The number of nitrogens with one attached hydrogen (secondary N) is 1. The number of methoxy groups -OCH3 is 1. The van der Waals surface area contributed by atoms with Crippen molar-refractivity contribution in [2.24, 2.45) is 0 Å². The zero-order valence-corrected chi connectivity index (χ0v) is 13.8. The number of fused-ring (bicyclic) bond motifs is 1. The highest BCUT2D eigenvalue weighted by Crippen LogP contribution is 2.28. The van der Waals surface area contributed by atoms with Crippen molar-refractivity contribution in [3.63, 3.8) is 0 Å². The second-order valence-electron chi connectivity index (χ2n) is 6.18. The third kappa shape index (κ3) is 3.00. The SMILES string of the molecule is COc1ccc(Cn2cc(-c3ccc4c(c3)NCCC4)cn2)cc1. The molecule has 4 nitrogen and oxygen atoms in total. The van der Waals surface area contributed by atoms with Crippen LogP contribution < -0.4 is 10.1 Å². The van der Waals surface area contributed by atoms with E-state index in [2.05, 4.69) is 46.9 Å². The Balaban J connectivity index is 1.53. The Labute approximate surface area is 142 Å². The van der Waals surface area contributed by atoms with Gasteiger partial charge in [0.25, 0.3) is 0 Å². The maximum atomic E-state index is 5.20. The first-order valence-electron chi connectivity index (χ1n) is 8.34. The molecule has 0 aliphatic carbocycles. The van der Waals surface area contributed by atoms with E-state index in [9.17, 15) is 0 Å². The predicted molar refractivity (Wildman–Crippen MR) is 96.6 cm³/mol. The van der Waals surface area contributed by atoms with Crippen LogP contribution in [-0.4, -0.2) is 23.4 Å². The van der Waals surface area contributed by atoms with Crippen LogP contribution in [0.2, 0.25) is 0 Å². The van der Waals surface area contributed by atoms with Crippen LogP contribution in [0.1, 0.15) is 17.5 Å². The monoisotopic (exact) mass is 319 g/mol. The van der Waals surface area contributed by atoms with Crippen molar-refractivity contribution < 1.29 is 4.74 Å². The van der Waals surface area contributed by atoms with Crippen LogP contribution in [0.15, 0.2) is 54.9 Å². The lowest BCUT2D eigenvalue weighted by Gasteiger charge is -2.18. The van der Waals surface area contributed by atoms with Crippen LogP contribution in [0, 0.1) is 0 Å². The van der Waals surface area contributed by atoms with E-state index >= 15 is 0 Å². The number of hydrogen-bond donors (Lipinski definition) is 1. The van der Waals surface area contributed by atoms with Gasteiger partial charge >= 0.3 is 0 Å². The van der Waals surface area contributed by atoms with Gasteiger partial charge < -0.3 is 10.1 Å². The molecule has 4 rings (SSSR count). The van der Waals surface area contributed by atoms with Gasteiger partial charge in [0.2, 0.25) is 0 Å². The molecule has 0 atom stereocenters. The summed E-state index contributed by atoms with van der Waals surface area (Å²) in [6.45, 7) is 1.82. The fraction of sp³-hybridized carbons (Fsp3) is 0.250. The minimum Gasteiger partial charge on any atom is -0.497 e. The molecule has 0 saturated heterocycles. The Bertz CT molecular complexity index is 836. The second-order valence-corrected chi connectivity index (χ2v) is 6.18. The maximum absolute atomic E-state index is 5.20. The Morgan fingerprint density at radius 2 is 2.00 bits per heavy atom. The fourth-order valence-corrected chi connectivity index (χ4v) is 3.16. The molecule has 0 spiro atoms. The molecule has 1 N–H and O–H groups in total. The van der Waals surface area contributed by atoms with E-state index in [4.69, 9.17) is 4.74 Å². The molecule has 4 heteroatoms. The van der Waals surface area contributed by atoms with Crippen molar-refractivity contribution in [2.45, 2.75) is 19.4 Å². The Kier molecular flexibility index (Phi) is 3.95. The molecule has 3 aromatic rings. The quantitative estimate of drug-likeness (QED) is 0.791. The molecule has 0 amide bonds. The van der Waals surface area contributed by atoms with Crippen LogP contribution in [0.4, 0.5) is 5.69 Å². The van der Waals surface area contributed by atoms with Gasteiger partial charge in [-0.2, -0.15) is 5.10 Å². The number of aryl methyl sites for hydroxylation is 1. The molecule has 0 saturated carbocycles. The summed E-state index contributed by atoms with van der Waals surface area (Å²) in [5.74, 6) is 0.876. The van der Waals surface area contributed by atoms with Crippen molar-refractivity contribution >= 4 is 5.69 Å². The van der Waals surface area contributed by atoms with E-state index in [0.717, 1.165) is 24.4 Å². The minimum atomic E-state index is 0.757. The van der Waals surface area contributed by atoms with E-state index in [1.165, 1.54) is 35.2 Å². The Morgan fingerprint density at radius 3 is 2.83 bits per heavy atom. The molecule has 0 fully saturated rings. The summed E-state index contributed by atoms with van der Waals surface area (Å²) < 4.78 is 7.17. The van der Waals surface area contributed by atoms with Gasteiger partial charge in [-0.1, -0.05) is 24.3 Å². The van der Waals surface area contributed by atoms with E-state index < -0.39 is 0 Å². The normalized spacial score (nSPS) is 13.2. The summed E-state index contributed by atoms with van der Waals surface area (Å²) in [7, 11) is 1.68. The van der Waals surface area contributed by atoms with Crippen LogP contribution in [0.3, 0.4) is 0 Å². The van der Waals surface area contributed by atoms with E-state index in [1.54, 1.807) is 7.11 Å². The minimum absolute atomic E-state index is 0.757. The average molecular weight is 319 g/mol. The molecule has 2 heterocycles. The molecule has 0 unspecified atom stereocenters. The fourth-order valence-electron chi connectivity index (χ4n) is 3.16. The number of ether oxygens (including phenoxy) is 1. The van der Waals surface area contributed by atoms with Gasteiger partial charge in [0.1, 0.15) is 5.75 Å². The number of rotatable bonds is 4. The summed E-state index contributed by atoms with van der Waals surface area (Å²) >= 11 is 0. The third-order valence-corrected chi connectivity index (χ3v) is 4.52. The topological polar surface area (TPSA) is 39.1 Å². The number of anilines is 1. The van der Waals surface area contributed by atoms with Gasteiger partial charge in [-0.15, -0.1) is 0 Å². The maximum Gasteiger partial charge on any atom is 0.118 e. The van der Waals surface area contributed by atoms with E-state index in [0.29, 0.717) is 0 Å². The van der Waals surface area contributed by atoms with Crippen molar-refractivity contribution in [2.75, 3.05) is 19.0 Å². The molecule has 0 radical (unpaired) electrons. The first kappa shape index (κ1) is 14.8. The lowest BCUT2D eigenvalue weighted by molar-refractivity contribution is 0.414. The number of benzene rings is 2. The standard InChI is InChI=1S/C20H21N3O/c1-24-19-8-4-15(5-9-19)13-23-14-18(12-22-23)17-7-6-16-3-2-10-21-20(16)11-17/h4-9,11-12,14,21H,2-3,10,13H2,1H3. The van der Waals surface area contributed by atoms with Crippen LogP contribution in [0.5, 0.6) is 5.75 Å². The number of nitrogens with zero attached hydrogens (tertiary/aromatic N) is 2. The van der Waals surface area contributed by atoms with Crippen molar-refractivity contribution in [3.8, 4) is 16.9 Å². The van der Waals surface area contributed by atoms with Crippen LogP contribution in [-0.2, 0) is 13.0 Å². The van der Waals surface area contributed by atoms with Crippen molar-refractivity contribution in [1.29, 1.82) is 0 Å². The van der Waals surface area contributed by atoms with Gasteiger partial charge in [-0.25, -0.2) is 0 Å². The third-order valence-electron chi connectivity index (χ3n) is 4.52. The molecule has 0 bridgehead atoms. The van der Waals surface area contributed by atoms with Crippen molar-refractivity contribution in [1.82, 2.24) is 9.78 Å². The molecule has 122 valence electrons. The highest BCUT2D eigenvalue weighted by Gasteiger charge is 2.10. The summed E-state index contributed by atoms with van der Waals surface area (Å²) in [4.78, 5) is 0. The zero-order chi connectivity index (χ0) is 16.4. The molecule has 2 aromatic carbocycles. The summed E-state index contributed by atoms with van der Waals surface area (Å²) in [6, 6.07) is 14.8. The molecular formula is C20H21N3O. The number of hydrogen-bond acceptors (Lipinski definition) is 3. The predicted octanol–water partition coefficient (Wildman–Crippen LogP) is 3.97. The first-order chi connectivity index (χ1) is 11.8.